The first-order valence-electron chi connectivity index (χ1n) is 10.0. The van der Waals surface area contributed by atoms with E-state index in [2.05, 4.69) is 31.5 Å². The van der Waals surface area contributed by atoms with Crippen LogP contribution in [-0.4, -0.2) is 67.9 Å². The predicted octanol–water partition coefficient (Wildman–Crippen LogP) is 1.28. The first-order chi connectivity index (χ1) is 12.5. The Morgan fingerprint density at radius 2 is 1.92 bits per heavy atom. The molecule has 0 radical (unpaired) electrons. The van der Waals surface area contributed by atoms with Crippen LogP contribution in [0.3, 0.4) is 0 Å². The van der Waals surface area contributed by atoms with E-state index >= 15 is 0 Å². The van der Waals surface area contributed by atoms with Gasteiger partial charge in [-0.2, -0.15) is 0 Å². The van der Waals surface area contributed by atoms with Crippen molar-refractivity contribution < 1.29 is 9.90 Å². The summed E-state index contributed by atoms with van der Waals surface area (Å²) in [4.78, 5) is 17.1. The molecule has 1 saturated carbocycles. The summed E-state index contributed by atoms with van der Waals surface area (Å²) in [6.07, 6.45) is 5.70. The van der Waals surface area contributed by atoms with Crippen LogP contribution < -0.4 is 0 Å². The van der Waals surface area contributed by atoms with E-state index in [1.54, 1.807) is 0 Å². The number of likely N-dealkylation sites (tertiary alicyclic amines) is 2. The number of carbonyl (C=O) groups is 1. The van der Waals surface area contributed by atoms with Gasteiger partial charge in [0.05, 0.1) is 12.6 Å². The van der Waals surface area contributed by atoms with Crippen molar-refractivity contribution in [2.75, 3.05) is 26.2 Å². The summed E-state index contributed by atoms with van der Waals surface area (Å²) >= 11 is 0. The van der Waals surface area contributed by atoms with Gasteiger partial charge in [-0.15, -0.1) is 10.2 Å². The van der Waals surface area contributed by atoms with Gasteiger partial charge in [0.2, 0.25) is 5.91 Å². The highest BCUT2D eigenvalue weighted by Gasteiger charge is 2.47. The van der Waals surface area contributed by atoms with Crippen molar-refractivity contribution in [3.05, 3.63) is 11.6 Å². The van der Waals surface area contributed by atoms with E-state index < -0.39 is 0 Å². The van der Waals surface area contributed by atoms with Crippen LogP contribution in [0.25, 0.3) is 0 Å². The van der Waals surface area contributed by atoms with Crippen LogP contribution >= 0.6 is 0 Å². The summed E-state index contributed by atoms with van der Waals surface area (Å²) in [5.41, 5.74) is -0.0915. The van der Waals surface area contributed by atoms with Crippen LogP contribution in [0.2, 0.25) is 0 Å². The molecule has 1 N–H and O–H groups in total. The van der Waals surface area contributed by atoms with E-state index in [9.17, 15) is 9.90 Å². The fourth-order valence-electron chi connectivity index (χ4n) is 4.30. The molecule has 0 spiro atoms. The lowest BCUT2D eigenvalue weighted by Crippen LogP contribution is -2.43. The third kappa shape index (κ3) is 3.51. The molecule has 7 heteroatoms. The summed E-state index contributed by atoms with van der Waals surface area (Å²) in [5, 5.41) is 18.6. The molecule has 1 aliphatic carbocycles. The lowest BCUT2D eigenvalue weighted by molar-refractivity contribution is -0.137. The van der Waals surface area contributed by atoms with Gasteiger partial charge in [0.1, 0.15) is 11.6 Å². The quantitative estimate of drug-likeness (QED) is 0.874. The number of hydrogen-bond acceptors (Lipinski definition) is 5. The number of piperidine rings is 2. The van der Waals surface area contributed by atoms with Gasteiger partial charge in [-0.3, -0.25) is 9.69 Å². The Kier molecular flexibility index (Phi) is 4.77. The van der Waals surface area contributed by atoms with Gasteiger partial charge >= 0.3 is 0 Å². The SMILES string of the molecule is Cn1c(CN2CCC(O)CC2)nnc1[C@@H]1CCCN(C(=O)C2(C)CC2)C1. The van der Waals surface area contributed by atoms with Gasteiger partial charge in [0.15, 0.2) is 0 Å². The molecule has 0 bridgehead atoms. The van der Waals surface area contributed by atoms with Crippen LogP contribution in [0.15, 0.2) is 0 Å². The zero-order valence-electron chi connectivity index (χ0n) is 16.0. The maximum absolute atomic E-state index is 12.7. The van der Waals surface area contributed by atoms with Crippen molar-refractivity contribution in [1.29, 1.82) is 0 Å². The molecule has 7 nitrogen and oxygen atoms in total. The molecule has 26 heavy (non-hydrogen) atoms. The molecule has 0 unspecified atom stereocenters. The average molecular weight is 361 g/mol. The smallest absolute Gasteiger partial charge is 0.228 e. The summed E-state index contributed by atoms with van der Waals surface area (Å²) in [6.45, 7) is 6.35. The average Bonchev–Trinajstić information content (AvgIpc) is 3.30. The van der Waals surface area contributed by atoms with E-state index in [1.807, 2.05) is 7.05 Å². The highest BCUT2D eigenvalue weighted by Crippen LogP contribution is 2.47. The third-order valence-corrected chi connectivity index (χ3v) is 6.51. The summed E-state index contributed by atoms with van der Waals surface area (Å²) < 4.78 is 2.13. The van der Waals surface area contributed by atoms with E-state index in [0.29, 0.717) is 5.91 Å². The second kappa shape index (κ2) is 6.93. The second-order valence-corrected chi connectivity index (χ2v) is 8.69. The molecule has 1 aromatic rings. The minimum atomic E-state index is -0.152. The monoisotopic (exact) mass is 361 g/mol. The highest BCUT2D eigenvalue weighted by molar-refractivity contribution is 5.85. The number of amides is 1. The minimum absolute atomic E-state index is 0.0915. The van der Waals surface area contributed by atoms with Crippen molar-refractivity contribution in [1.82, 2.24) is 24.6 Å². The Balaban J connectivity index is 1.41. The van der Waals surface area contributed by atoms with Crippen molar-refractivity contribution >= 4 is 5.91 Å². The van der Waals surface area contributed by atoms with Crippen molar-refractivity contribution in [2.24, 2.45) is 12.5 Å². The summed E-state index contributed by atoms with van der Waals surface area (Å²) in [6, 6.07) is 0. The van der Waals surface area contributed by atoms with Gasteiger partial charge in [-0.1, -0.05) is 6.92 Å². The van der Waals surface area contributed by atoms with Crippen LogP contribution in [0, 0.1) is 5.41 Å². The maximum atomic E-state index is 12.7. The zero-order valence-corrected chi connectivity index (χ0v) is 16.0. The third-order valence-electron chi connectivity index (χ3n) is 6.51. The zero-order chi connectivity index (χ0) is 18.3. The van der Waals surface area contributed by atoms with Gasteiger partial charge in [-0.05, 0) is 38.5 Å². The number of aliphatic hydroxyl groups excluding tert-OH is 1. The molecule has 2 aliphatic heterocycles. The molecule has 0 aromatic carbocycles. The van der Waals surface area contributed by atoms with E-state index in [0.717, 1.165) is 82.9 Å². The Morgan fingerprint density at radius 1 is 1.19 bits per heavy atom. The first kappa shape index (κ1) is 17.9. The molecule has 3 heterocycles. The number of nitrogens with zero attached hydrogens (tertiary/aromatic N) is 5. The topological polar surface area (TPSA) is 74.5 Å². The normalized spacial score (nSPS) is 26.9. The number of carbonyl (C=O) groups excluding carboxylic acids is 1. The van der Waals surface area contributed by atoms with E-state index in [4.69, 9.17) is 0 Å². The summed E-state index contributed by atoms with van der Waals surface area (Å²) in [5.74, 6) is 2.60. The Bertz CT molecular complexity index is 661. The molecule has 1 amide bonds. The van der Waals surface area contributed by atoms with E-state index in [1.165, 1.54) is 0 Å². The molecule has 144 valence electrons. The molecular weight excluding hydrogens is 330 g/mol. The Hall–Kier alpha value is -1.47. The lowest BCUT2D eigenvalue weighted by atomic mass is 9.95. The largest absolute Gasteiger partial charge is 0.393 e. The lowest BCUT2D eigenvalue weighted by Gasteiger charge is -2.34. The number of rotatable bonds is 4. The van der Waals surface area contributed by atoms with Gasteiger partial charge in [-0.25, -0.2) is 0 Å². The molecule has 1 aromatic heterocycles. The standard InChI is InChI=1S/C19H31N5O2/c1-19(7-8-19)18(26)24-9-3-4-14(12-24)17-21-20-16(22(17)2)13-23-10-5-15(25)6-11-23/h14-15,25H,3-13H2,1-2H3/t14-/m1/s1. The van der Waals surface area contributed by atoms with Gasteiger partial charge in [0, 0.05) is 44.6 Å². The van der Waals surface area contributed by atoms with E-state index in [-0.39, 0.29) is 17.4 Å². The predicted molar refractivity (Wildman–Crippen MR) is 97.4 cm³/mol. The van der Waals surface area contributed by atoms with Gasteiger partial charge in [0.25, 0.3) is 0 Å². The maximum Gasteiger partial charge on any atom is 0.228 e. The number of aromatic nitrogens is 3. The van der Waals surface area contributed by atoms with Crippen LogP contribution in [0.5, 0.6) is 0 Å². The molecule has 3 aliphatic rings. The highest BCUT2D eigenvalue weighted by atomic mass is 16.3. The Labute approximate surface area is 155 Å². The van der Waals surface area contributed by atoms with Crippen molar-refractivity contribution in [3.8, 4) is 0 Å². The van der Waals surface area contributed by atoms with Crippen LogP contribution in [0.4, 0.5) is 0 Å². The first-order valence-corrected chi connectivity index (χ1v) is 10.0. The second-order valence-electron chi connectivity index (χ2n) is 8.69. The summed E-state index contributed by atoms with van der Waals surface area (Å²) in [7, 11) is 2.05. The number of aliphatic hydroxyl groups is 1. The molecule has 4 rings (SSSR count). The minimum Gasteiger partial charge on any atom is -0.393 e. The van der Waals surface area contributed by atoms with Crippen LogP contribution in [-0.2, 0) is 18.4 Å². The molecule has 3 fully saturated rings. The number of hydrogen-bond donors (Lipinski definition) is 1. The van der Waals surface area contributed by atoms with Crippen molar-refractivity contribution in [2.45, 2.75) is 64.0 Å². The molecule has 2 saturated heterocycles. The Morgan fingerprint density at radius 3 is 2.62 bits per heavy atom. The molecule has 1 atom stereocenters. The van der Waals surface area contributed by atoms with Crippen LogP contribution in [0.1, 0.15) is 63.0 Å². The fourth-order valence-corrected chi connectivity index (χ4v) is 4.30. The van der Waals surface area contributed by atoms with Gasteiger partial charge < -0.3 is 14.6 Å². The van der Waals surface area contributed by atoms with Crippen molar-refractivity contribution in [3.63, 3.8) is 0 Å². The fraction of sp³-hybridized carbons (Fsp3) is 0.842. The molecular formula is C19H31N5O2.